The fourth-order valence-corrected chi connectivity index (χ4v) is 1.82. The molecule has 1 aromatic carbocycles. The van der Waals surface area contributed by atoms with Gasteiger partial charge >= 0.3 is 57.4 Å². The van der Waals surface area contributed by atoms with Gasteiger partial charge in [0.2, 0.25) is 0 Å². The summed E-state index contributed by atoms with van der Waals surface area (Å²) in [5.41, 5.74) is 8.82. The maximum atomic E-state index is 13.9. The van der Waals surface area contributed by atoms with Crippen molar-refractivity contribution in [1.82, 2.24) is 9.78 Å². The number of hydrogen-bond acceptors (Lipinski definition) is 4. The zero-order valence-corrected chi connectivity index (χ0v) is 14.7. The van der Waals surface area contributed by atoms with Crippen molar-refractivity contribution in [2.24, 2.45) is 5.73 Å². The number of amides is 1. The minimum absolute atomic E-state index is 0. The molecule has 0 spiro atoms. The third kappa shape index (κ3) is 3.28. The second-order valence-corrected chi connectivity index (χ2v) is 4.17. The Labute approximate surface area is 166 Å². The third-order valence-corrected chi connectivity index (χ3v) is 2.81. The molecule has 1 aromatic heterocycles. The summed E-state index contributed by atoms with van der Waals surface area (Å²) in [5.74, 6) is -3.40. The summed E-state index contributed by atoms with van der Waals surface area (Å²) < 4.78 is 14.6. The number of carbonyl (C=O) groups is 2. The van der Waals surface area contributed by atoms with E-state index in [0.29, 0.717) is 4.68 Å². The van der Waals surface area contributed by atoms with Gasteiger partial charge in [0, 0.05) is 0 Å². The fourth-order valence-electron chi connectivity index (χ4n) is 1.65. The Hall–Kier alpha value is -0.974. The van der Waals surface area contributed by atoms with Crippen LogP contribution in [0.1, 0.15) is 22.4 Å². The van der Waals surface area contributed by atoms with Gasteiger partial charge in [-0.3, -0.25) is 4.79 Å². The molecule has 10 heteroatoms. The summed E-state index contributed by atoms with van der Waals surface area (Å²) in [7, 11) is 0. The molecule has 0 aliphatic rings. The van der Waals surface area contributed by atoms with E-state index < -0.39 is 34.8 Å². The molecule has 2 rings (SSSR count). The number of benzene rings is 1. The first-order valence-corrected chi connectivity index (χ1v) is 5.58. The fraction of sp³-hybridized carbons (Fsp3) is 0. The van der Waals surface area contributed by atoms with E-state index in [2.05, 4.69) is 5.10 Å². The molecule has 0 saturated heterocycles. The van der Waals surface area contributed by atoms with Gasteiger partial charge < -0.3 is 18.0 Å². The Kier molecular flexibility index (Phi) is 5.90. The molecular weight excluding hydrogens is 330 g/mol. The molecule has 1 heterocycles. The Balaban J connectivity index is 0.00000220. The second-order valence-electron chi connectivity index (χ2n) is 3.77. The van der Waals surface area contributed by atoms with Gasteiger partial charge in [0.1, 0.15) is 5.69 Å². The van der Waals surface area contributed by atoms with Crippen LogP contribution in [-0.4, -0.2) is 26.8 Å². The predicted octanol–water partition coefficient (Wildman–Crippen LogP) is -1.84. The number of rotatable bonds is 3. The number of carboxylic acid groups (broad SMARTS) is 1. The maximum Gasteiger partial charge on any atom is 1.00 e. The van der Waals surface area contributed by atoms with E-state index in [1.54, 1.807) is 0 Å². The Morgan fingerprint density at radius 1 is 1.43 bits per heavy atom. The molecule has 5 N–H and O–H groups in total. The number of carboxylic acids is 1. The monoisotopic (exact) mass is 338 g/mol. The van der Waals surface area contributed by atoms with Gasteiger partial charge in [0.25, 0.3) is 5.91 Å². The summed E-state index contributed by atoms with van der Waals surface area (Å²) in [6.07, 6.45) is 0. The minimum Gasteiger partial charge on any atom is -1.00 e. The summed E-state index contributed by atoms with van der Waals surface area (Å²) in [5, 5.41) is 12.5. The summed E-state index contributed by atoms with van der Waals surface area (Å²) in [4.78, 5) is 22.3. The van der Waals surface area contributed by atoms with E-state index in [-0.39, 0.29) is 63.5 Å². The third-order valence-electron chi connectivity index (χ3n) is 2.52. The number of halogens is 2. The second kappa shape index (κ2) is 6.86. The minimum atomic E-state index is -1.48. The molecule has 0 aliphatic carbocycles. The number of nitrogens with zero attached hydrogens (tertiary/aromatic N) is 2. The van der Waals surface area contributed by atoms with Crippen molar-refractivity contribution in [2.45, 2.75) is 0 Å². The van der Waals surface area contributed by atoms with E-state index in [1.165, 1.54) is 18.2 Å². The molecular formula is C11H9ClFKN4O3. The first-order chi connectivity index (χ1) is 9.34. The van der Waals surface area contributed by atoms with Crippen molar-refractivity contribution in [1.29, 1.82) is 0 Å². The van der Waals surface area contributed by atoms with Crippen molar-refractivity contribution < 1.29 is 71.9 Å². The first kappa shape index (κ1) is 18.1. The van der Waals surface area contributed by atoms with Crippen LogP contribution in [0, 0.1) is 5.82 Å². The first-order valence-electron chi connectivity index (χ1n) is 5.20. The largest absolute Gasteiger partial charge is 1.00 e. The van der Waals surface area contributed by atoms with Crippen LogP contribution in [0.3, 0.4) is 0 Å². The molecule has 1 amide bonds. The number of carbonyl (C=O) groups excluding carboxylic acids is 1. The van der Waals surface area contributed by atoms with Crippen LogP contribution in [0.5, 0.6) is 0 Å². The number of nitrogens with two attached hydrogens (primary N) is 2. The summed E-state index contributed by atoms with van der Waals surface area (Å²) in [6, 6.07) is 3.92. The zero-order valence-electron chi connectivity index (χ0n) is 11.8. The van der Waals surface area contributed by atoms with E-state index in [1.807, 2.05) is 0 Å². The maximum absolute atomic E-state index is 13.9. The summed E-state index contributed by atoms with van der Waals surface area (Å²) in [6.45, 7) is 0. The normalized spacial score (nSPS) is 10.0. The van der Waals surface area contributed by atoms with Crippen LogP contribution < -0.4 is 62.9 Å². The molecule has 0 radical (unpaired) electrons. The average Bonchev–Trinajstić information content (AvgIpc) is 2.70. The Morgan fingerprint density at radius 2 is 2.05 bits per heavy atom. The topological polar surface area (TPSA) is 124 Å². The number of aromatic carboxylic acids is 1. The van der Waals surface area contributed by atoms with E-state index in [4.69, 9.17) is 28.2 Å². The number of hydrogen-bond donors (Lipinski definition) is 3. The van der Waals surface area contributed by atoms with Crippen molar-refractivity contribution in [3.63, 3.8) is 0 Å². The van der Waals surface area contributed by atoms with Gasteiger partial charge in [0.05, 0.1) is 10.7 Å². The van der Waals surface area contributed by atoms with Crippen molar-refractivity contribution in [3.8, 4) is 5.69 Å². The van der Waals surface area contributed by atoms with Crippen molar-refractivity contribution in [3.05, 3.63) is 40.4 Å². The Morgan fingerprint density at radius 3 is 2.57 bits per heavy atom. The van der Waals surface area contributed by atoms with E-state index in [9.17, 15) is 14.0 Å². The smallest absolute Gasteiger partial charge is 1.00 e. The molecule has 7 nitrogen and oxygen atoms in total. The molecule has 0 fully saturated rings. The van der Waals surface area contributed by atoms with Gasteiger partial charge in [-0.2, -0.15) is 5.10 Å². The van der Waals surface area contributed by atoms with Crippen LogP contribution in [0.25, 0.3) is 5.69 Å². The molecule has 106 valence electrons. The number of nitrogen functional groups attached to an aromatic ring is 1. The average molecular weight is 339 g/mol. The number of anilines is 1. The quantitative estimate of drug-likeness (QED) is 0.567. The van der Waals surface area contributed by atoms with Crippen LogP contribution in [0.15, 0.2) is 18.2 Å². The molecule has 0 saturated carbocycles. The molecule has 0 bridgehead atoms. The number of aromatic nitrogens is 2. The molecule has 0 unspecified atom stereocenters. The molecule has 0 aliphatic heterocycles. The van der Waals surface area contributed by atoms with Gasteiger partial charge in [-0.05, 0) is 12.1 Å². The van der Waals surface area contributed by atoms with Crippen LogP contribution in [0.4, 0.5) is 10.1 Å². The SMILES string of the molecule is NC(=O)c1nn(-c2cccc(Cl)c2F)c(C(=O)O)c1N.[H-].[K+]. The van der Waals surface area contributed by atoms with E-state index in [0.717, 1.165) is 0 Å². The molecule has 2 aromatic rings. The van der Waals surface area contributed by atoms with E-state index >= 15 is 0 Å². The van der Waals surface area contributed by atoms with Crippen molar-refractivity contribution in [2.75, 3.05) is 5.73 Å². The molecule has 21 heavy (non-hydrogen) atoms. The standard InChI is InChI=1S/C11H8ClFN4O3.K.H/c12-4-2-1-3-5(6(4)13)17-9(11(19)20)7(14)8(16-17)10(15)18;;/h1-3H,14H2,(H2,15,18)(H,19,20);;/q;+1;-1. The Bertz CT molecular complexity index is 740. The zero-order chi connectivity index (χ0) is 15.0. The van der Waals surface area contributed by atoms with Crippen LogP contribution in [0.2, 0.25) is 5.02 Å². The van der Waals surface area contributed by atoms with Gasteiger partial charge in [0.15, 0.2) is 17.2 Å². The van der Waals surface area contributed by atoms with Gasteiger partial charge in [-0.15, -0.1) is 0 Å². The molecule has 0 atom stereocenters. The number of primary amides is 1. The van der Waals surface area contributed by atoms with Crippen LogP contribution in [-0.2, 0) is 0 Å². The van der Waals surface area contributed by atoms with Gasteiger partial charge in [-0.1, -0.05) is 17.7 Å². The van der Waals surface area contributed by atoms with Crippen LogP contribution >= 0.6 is 11.6 Å². The summed E-state index contributed by atoms with van der Waals surface area (Å²) >= 11 is 5.62. The van der Waals surface area contributed by atoms with Gasteiger partial charge in [-0.25, -0.2) is 13.9 Å². The predicted molar refractivity (Wildman–Crippen MR) is 69.5 cm³/mol. The van der Waals surface area contributed by atoms with Crippen molar-refractivity contribution >= 4 is 29.2 Å².